The average Bonchev–Trinajstić information content (AvgIpc) is 2.85. The molecular weight excluding hydrogens is 244 g/mol. The van der Waals surface area contributed by atoms with E-state index >= 15 is 0 Å². The molecule has 0 spiro atoms. The highest BCUT2D eigenvalue weighted by atomic mass is 16.5. The first-order chi connectivity index (χ1) is 9.24. The van der Waals surface area contributed by atoms with E-state index in [1.165, 1.54) is 0 Å². The van der Waals surface area contributed by atoms with Gasteiger partial charge in [0, 0.05) is 19.3 Å². The Labute approximate surface area is 114 Å². The summed E-state index contributed by atoms with van der Waals surface area (Å²) >= 11 is 0. The van der Waals surface area contributed by atoms with Crippen LogP contribution >= 0.6 is 0 Å². The number of hydrogen-bond acceptors (Lipinski definition) is 4. The second-order valence-corrected chi connectivity index (χ2v) is 4.93. The topological polar surface area (TPSA) is 47.9 Å². The van der Waals surface area contributed by atoms with Crippen molar-refractivity contribution in [2.45, 2.75) is 25.6 Å². The first kappa shape index (κ1) is 14.3. The summed E-state index contributed by atoms with van der Waals surface area (Å²) in [7, 11) is 1.64. The molecule has 1 aliphatic heterocycles. The summed E-state index contributed by atoms with van der Waals surface area (Å²) in [5.41, 5.74) is 0.789. The average molecular weight is 266 g/mol. The number of methoxy groups -OCH3 is 1. The zero-order valence-corrected chi connectivity index (χ0v) is 11.5. The second-order valence-electron chi connectivity index (χ2n) is 4.93. The van der Waals surface area contributed by atoms with Crippen LogP contribution in [0.5, 0.6) is 5.75 Å². The van der Waals surface area contributed by atoms with Gasteiger partial charge in [0.15, 0.2) is 0 Å². The van der Waals surface area contributed by atoms with Gasteiger partial charge in [0.1, 0.15) is 18.5 Å². The Morgan fingerprint density at radius 2 is 2.16 bits per heavy atom. The molecule has 0 saturated carbocycles. The number of benzene rings is 1. The minimum absolute atomic E-state index is 0.146. The van der Waals surface area contributed by atoms with E-state index in [1.54, 1.807) is 7.11 Å². The molecule has 1 heterocycles. The zero-order chi connectivity index (χ0) is 13.7. The van der Waals surface area contributed by atoms with Crippen molar-refractivity contribution in [2.75, 3.05) is 26.9 Å². The third-order valence-electron chi connectivity index (χ3n) is 3.54. The normalized spacial score (nSPS) is 24.4. The molecule has 1 N–H and O–H groups in total. The standard InChI is InChI=1S/C15H22O4/c1-11-7-8-19-15(11)14(16)12-5-3-4-6-13(12)18-10-9-17-2/h3-6,11,14-16H,7-10H2,1-2H3. The summed E-state index contributed by atoms with van der Waals surface area (Å²) in [6.07, 6.45) is 0.206. The highest BCUT2D eigenvalue weighted by molar-refractivity contribution is 5.35. The summed E-state index contributed by atoms with van der Waals surface area (Å²) in [6, 6.07) is 7.56. The molecular formula is C15H22O4. The summed E-state index contributed by atoms with van der Waals surface area (Å²) in [6.45, 7) is 3.83. The van der Waals surface area contributed by atoms with Crippen LogP contribution in [0.3, 0.4) is 0 Å². The van der Waals surface area contributed by atoms with E-state index in [0.717, 1.165) is 18.6 Å². The van der Waals surface area contributed by atoms with Crippen molar-refractivity contribution >= 4 is 0 Å². The van der Waals surface area contributed by atoms with Crippen molar-refractivity contribution in [3.05, 3.63) is 29.8 Å². The highest BCUT2D eigenvalue weighted by Gasteiger charge is 2.33. The molecule has 4 nitrogen and oxygen atoms in total. The number of hydrogen-bond donors (Lipinski definition) is 1. The molecule has 1 aromatic rings. The lowest BCUT2D eigenvalue weighted by atomic mass is 9.94. The molecule has 2 rings (SSSR count). The lowest BCUT2D eigenvalue weighted by molar-refractivity contribution is -0.0191. The van der Waals surface area contributed by atoms with Crippen LogP contribution in [0.1, 0.15) is 25.0 Å². The highest BCUT2D eigenvalue weighted by Crippen LogP contribution is 2.35. The van der Waals surface area contributed by atoms with Gasteiger partial charge in [0.05, 0.1) is 12.7 Å². The van der Waals surface area contributed by atoms with E-state index in [2.05, 4.69) is 6.92 Å². The van der Waals surface area contributed by atoms with Gasteiger partial charge in [-0.05, 0) is 18.4 Å². The van der Waals surface area contributed by atoms with E-state index in [1.807, 2.05) is 24.3 Å². The van der Waals surface area contributed by atoms with Gasteiger partial charge in [0.25, 0.3) is 0 Å². The molecule has 19 heavy (non-hydrogen) atoms. The predicted octanol–water partition coefficient (Wildman–Crippen LogP) is 2.17. The van der Waals surface area contributed by atoms with Crippen LogP contribution in [0.2, 0.25) is 0 Å². The molecule has 1 aliphatic rings. The Balaban J connectivity index is 2.09. The summed E-state index contributed by atoms with van der Waals surface area (Å²) < 4.78 is 16.3. The van der Waals surface area contributed by atoms with E-state index < -0.39 is 6.10 Å². The Hall–Kier alpha value is -1.10. The molecule has 1 fully saturated rings. The molecule has 3 unspecified atom stereocenters. The summed E-state index contributed by atoms with van der Waals surface area (Å²) in [5, 5.41) is 10.5. The predicted molar refractivity (Wildman–Crippen MR) is 72.3 cm³/mol. The van der Waals surface area contributed by atoms with Gasteiger partial charge in [-0.3, -0.25) is 0 Å². The number of ether oxygens (including phenoxy) is 3. The number of para-hydroxylation sites is 1. The Kier molecular flexibility index (Phi) is 5.19. The SMILES string of the molecule is COCCOc1ccccc1C(O)C1OCCC1C. The molecule has 0 aromatic heterocycles. The van der Waals surface area contributed by atoms with Crippen LogP contribution in [0.25, 0.3) is 0 Å². The molecule has 0 radical (unpaired) electrons. The fourth-order valence-electron chi connectivity index (χ4n) is 2.39. The monoisotopic (exact) mass is 266 g/mol. The van der Waals surface area contributed by atoms with Gasteiger partial charge in [-0.1, -0.05) is 25.1 Å². The van der Waals surface area contributed by atoms with Gasteiger partial charge in [-0.2, -0.15) is 0 Å². The summed E-state index contributed by atoms with van der Waals surface area (Å²) in [5.74, 6) is 1.07. The van der Waals surface area contributed by atoms with Crippen LogP contribution in [0.4, 0.5) is 0 Å². The third kappa shape index (κ3) is 3.47. The van der Waals surface area contributed by atoms with Crippen molar-refractivity contribution < 1.29 is 19.3 Å². The Bertz CT molecular complexity index is 393. The maximum atomic E-state index is 10.5. The lowest BCUT2D eigenvalue weighted by Crippen LogP contribution is -2.23. The summed E-state index contributed by atoms with van der Waals surface area (Å²) in [4.78, 5) is 0. The van der Waals surface area contributed by atoms with Gasteiger partial charge in [0.2, 0.25) is 0 Å². The van der Waals surface area contributed by atoms with Gasteiger partial charge >= 0.3 is 0 Å². The van der Waals surface area contributed by atoms with Crippen molar-refractivity contribution in [3.8, 4) is 5.75 Å². The van der Waals surface area contributed by atoms with Crippen LogP contribution < -0.4 is 4.74 Å². The molecule has 0 aliphatic carbocycles. The largest absolute Gasteiger partial charge is 0.491 e. The van der Waals surface area contributed by atoms with E-state index in [4.69, 9.17) is 14.2 Å². The van der Waals surface area contributed by atoms with Crippen LogP contribution in [-0.4, -0.2) is 38.1 Å². The molecule has 3 atom stereocenters. The first-order valence-corrected chi connectivity index (χ1v) is 6.74. The van der Waals surface area contributed by atoms with Crippen LogP contribution in [0, 0.1) is 5.92 Å². The van der Waals surface area contributed by atoms with Gasteiger partial charge in [-0.25, -0.2) is 0 Å². The van der Waals surface area contributed by atoms with Crippen LogP contribution in [0.15, 0.2) is 24.3 Å². The second kappa shape index (κ2) is 6.89. The van der Waals surface area contributed by atoms with Gasteiger partial charge in [-0.15, -0.1) is 0 Å². The quantitative estimate of drug-likeness (QED) is 0.802. The van der Waals surface area contributed by atoms with Crippen molar-refractivity contribution in [1.29, 1.82) is 0 Å². The maximum Gasteiger partial charge on any atom is 0.125 e. The van der Waals surface area contributed by atoms with E-state index in [-0.39, 0.29) is 6.10 Å². The van der Waals surface area contributed by atoms with Gasteiger partial charge < -0.3 is 19.3 Å². The number of aliphatic hydroxyl groups excluding tert-OH is 1. The molecule has 0 amide bonds. The fraction of sp³-hybridized carbons (Fsp3) is 0.600. The lowest BCUT2D eigenvalue weighted by Gasteiger charge is -2.23. The first-order valence-electron chi connectivity index (χ1n) is 6.74. The number of rotatable bonds is 6. The molecule has 4 heteroatoms. The smallest absolute Gasteiger partial charge is 0.125 e. The minimum atomic E-state index is -0.642. The molecule has 106 valence electrons. The van der Waals surface area contributed by atoms with Crippen molar-refractivity contribution in [3.63, 3.8) is 0 Å². The minimum Gasteiger partial charge on any atom is -0.491 e. The molecule has 1 aromatic carbocycles. The van der Waals surface area contributed by atoms with Crippen molar-refractivity contribution in [1.82, 2.24) is 0 Å². The van der Waals surface area contributed by atoms with E-state index in [9.17, 15) is 5.11 Å². The van der Waals surface area contributed by atoms with Crippen LogP contribution in [-0.2, 0) is 9.47 Å². The maximum absolute atomic E-state index is 10.5. The van der Waals surface area contributed by atoms with Crippen molar-refractivity contribution in [2.24, 2.45) is 5.92 Å². The van der Waals surface area contributed by atoms with E-state index in [0.29, 0.717) is 24.9 Å². The molecule has 0 bridgehead atoms. The Morgan fingerprint density at radius 1 is 1.37 bits per heavy atom. The number of aliphatic hydroxyl groups is 1. The molecule has 1 saturated heterocycles. The third-order valence-corrected chi connectivity index (χ3v) is 3.54. The zero-order valence-electron chi connectivity index (χ0n) is 11.5. The fourth-order valence-corrected chi connectivity index (χ4v) is 2.39. The Morgan fingerprint density at radius 3 is 2.84 bits per heavy atom.